The van der Waals surface area contributed by atoms with Gasteiger partial charge in [0.15, 0.2) is 6.10 Å². The number of hydrogen-bond donors (Lipinski definition) is 2. The van der Waals surface area contributed by atoms with E-state index in [1.165, 1.54) is 51.4 Å². The second-order valence-electron chi connectivity index (χ2n) is 12.9. The Bertz CT molecular complexity index is 885. The van der Waals surface area contributed by atoms with Gasteiger partial charge in [-0.15, -0.1) is 0 Å². The molecular weight excluding hydrogens is 619 g/mol. The van der Waals surface area contributed by atoms with Crippen LogP contribution in [0.3, 0.4) is 0 Å². The number of allylic oxidation sites excluding steroid dienone is 3. The van der Waals surface area contributed by atoms with Gasteiger partial charge in [0.05, 0.1) is 18.8 Å². The predicted octanol–water partition coefficient (Wildman–Crippen LogP) is 9.83. The number of rotatable bonds is 33. The fraction of sp³-hybridized carbons (Fsp3) is 0.838. The van der Waals surface area contributed by atoms with E-state index in [1.54, 1.807) is 0 Å². The maximum absolute atomic E-state index is 12.3. The van der Waals surface area contributed by atoms with Crippen molar-refractivity contribution in [2.75, 3.05) is 13.2 Å². The standard InChI is InChI=1S/C37H67O9P/c1-3-5-7-8-9-10-11-12-13-14-19-22-26-30-37(39)45-33(32-44-47(40,41)42)31-43-36(38)29-25-21-18-16-15-17-20-24-28-35-34(46-35)27-23-6-4-2/h10-11,20,24,33-35H,3-9,12-19,21-23,25-32H2,1-2H3,(H2,40,41,42)/b11-10-,24-20-/t33-,34?,35?/m1/s1. The Morgan fingerprint density at radius 2 is 1.17 bits per heavy atom. The molecule has 3 atom stereocenters. The number of phosphoric ester groups is 1. The summed E-state index contributed by atoms with van der Waals surface area (Å²) in [6.07, 6.45) is 33.5. The van der Waals surface area contributed by atoms with Gasteiger partial charge in [-0.25, -0.2) is 4.57 Å². The lowest BCUT2D eigenvalue weighted by Crippen LogP contribution is -2.29. The molecule has 47 heavy (non-hydrogen) atoms. The number of unbranched alkanes of at least 4 members (excludes halogenated alkanes) is 16. The molecule has 0 aliphatic carbocycles. The molecule has 1 heterocycles. The van der Waals surface area contributed by atoms with Gasteiger partial charge in [-0.1, -0.05) is 115 Å². The Morgan fingerprint density at radius 1 is 0.660 bits per heavy atom. The van der Waals surface area contributed by atoms with Gasteiger partial charge in [0, 0.05) is 12.8 Å². The van der Waals surface area contributed by atoms with Crippen LogP contribution in [0.2, 0.25) is 0 Å². The summed E-state index contributed by atoms with van der Waals surface area (Å²) in [5, 5.41) is 0. The van der Waals surface area contributed by atoms with Gasteiger partial charge >= 0.3 is 19.8 Å². The van der Waals surface area contributed by atoms with Gasteiger partial charge in [0.1, 0.15) is 6.61 Å². The Kier molecular flexibility index (Phi) is 27.2. The number of carbonyl (C=O) groups is 2. The maximum atomic E-state index is 12.3. The van der Waals surface area contributed by atoms with Crippen molar-refractivity contribution in [1.82, 2.24) is 0 Å². The van der Waals surface area contributed by atoms with E-state index in [2.05, 4.69) is 42.7 Å². The van der Waals surface area contributed by atoms with E-state index in [0.717, 1.165) is 77.0 Å². The number of epoxide rings is 1. The third kappa shape index (κ3) is 29.2. The smallest absolute Gasteiger partial charge is 0.462 e. The molecule has 0 aromatic carbocycles. The SMILES string of the molecule is CCCCCC/C=C\CCCCCCCC(=O)O[C@H](COC(=O)CCCCCCC/C=C\CC1OC1CCCCC)COP(=O)(O)O. The van der Waals surface area contributed by atoms with Crippen LogP contribution in [0.15, 0.2) is 24.3 Å². The highest BCUT2D eigenvalue weighted by molar-refractivity contribution is 7.46. The van der Waals surface area contributed by atoms with Crippen molar-refractivity contribution in [2.45, 2.75) is 186 Å². The Balaban J connectivity index is 2.10. The molecule has 0 aromatic rings. The summed E-state index contributed by atoms with van der Waals surface area (Å²) in [6, 6.07) is 0. The molecule has 0 bridgehead atoms. The van der Waals surface area contributed by atoms with Crippen molar-refractivity contribution in [3.63, 3.8) is 0 Å². The van der Waals surface area contributed by atoms with Crippen LogP contribution >= 0.6 is 7.82 Å². The minimum absolute atomic E-state index is 0.197. The molecule has 1 aliphatic heterocycles. The van der Waals surface area contributed by atoms with Crippen LogP contribution < -0.4 is 0 Å². The third-order valence-corrected chi connectivity index (χ3v) is 8.85. The summed E-state index contributed by atoms with van der Waals surface area (Å²) in [5.74, 6) is -0.916. The van der Waals surface area contributed by atoms with Crippen LogP contribution in [-0.2, 0) is 32.9 Å². The first-order valence-electron chi connectivity index (χ1n) is 18.8. The Hall–Kier alpha value is -1.51. The van der Waals surface area contributed by atoms with Crippen molar-refractivity contribution < 1.29 is 42.7 Å². The zero-order valence-electron chi connectivity index (χ0n) is 29.6. The molecule has 10 heteroatoms. The molecular formula is C37H67O9P. The minimum atomic E-state index is -4.76. The second-order valence-corrected chi connectivity index (χ2v) is 14.2. The lowest BCUT2D eigenvalue weighted by molar-refractivity contribution is -0.161. The number of hydrogen-bond acceptors (Lipinski definition) is 7. The van der Waals surface area contributed by atoms with E-state index in [0.29, 0.717) is 25.0 Å². The van der Waals surface area contributed by atoms with E-state index >= 15 is 0 Å². The van der Waals surface area contributed by atoms with Gasteiger partial charge in [-0.05, 0) is 64.2 Å². The van der Waals surface area contributed by atoms with Crippen molar-refractivity contribution in [2.24, 2.45) is 0 Å². The molecule has 1 aliphatic rings. The quantitative estimate of drug-likeness (QED) is 0.0228. The predicted molar refractivity (Wildman–Crippen MR) is 188 cm³/mol. The largest absolute Gasteiger partial charge is 0.469 e. The van der Waals surface area contributed by atoms with Gasteiger partial charge in [-0.2, -0.15) is 0 Å². The molecule has 2 N–H and O–H groups in total. The monoisotopic (exact) mass is 686 g/mol. The molecule has 9 nitrogen and oxygen atoms in total. The van der Waals surface area contributed by atoms with Crippen LogP contribution in [-0.4, -0.2) is 53.3 Å². The molecule has 0 saturated carbocycles. The highest BCUT2D eigenvalue weighted by atomic mass is 31.2. The Morgan fingerprint density at radius 3 is 1.77 bits per heavy atom. The van der Waals surface area contributed by atoms with Crippen LogP contribution in [0.25, 0.3) is 0 Å². The average molecular weight is 687 g/mol. The van der Waals surface area contributed by atoms with Crippen molar-refractivity contribution in [1.29, 1.82) is 0 Å². The molecule has 0 radical (unpaired) electrons. The van der Waals surface area contributed by atoms with E-state index in [4.69, 9.17) is 24.0 Å². The van der Waals surface area contributed by atoms with E-state index < -0.39 is 32.5 Å². The minimum Gasteiger partial charge on any atom is -0.462 e. The molecule has 0 amide bonds. The van der Waals surface area contributed by atoms with Crippen LogP contribution in [0.4, 0.5) is 0 Å². The molecule has 274 valence electrons. The molecule has 1 saturated heterocycles. The van der Waals surface area contributed by atoms with Gasteiger partial charge in [0.2, 0.25) is 0 Å². The fourth-order valence-corrected chi connectivity index (χ4v) is 5.79. The topological polar surface area (TPSA) is 132 Å². The summed E-state index contributed by atoms with van der Waals surface area (Å²) >= 11 is 0. The molecule has 1 rings (SSSR count). The van der Waals surface area contributed by atoms with E-state index in [9.17, 15) is 14.2 Å². The van der Waals surface area contributed by atoms with Gasteiger partial charge < -0.3 is 24.0 Å². The number of esters is 2. The summed E-state index contributed by atoms with van der Waals surface area (Å²) in [4.78, 5) is 42.7. The van der Waals surface area contributed by atoms with Crippen molar-refractivity contribution in [3.05, 3.63) is 24.3 Å². The number of ether oxygens (including phenoxy) is 3. The highest BCUT2D eigenvalue weighted by Crippen LogP contribution is 2.36. The summed E-state index contributed by atoms with van der Waals surface area (Å²) in [7, 11) is -4.76. The summed E-state index contributed by atoms with van der Waals surface area (Å²) < 4.78 is 32.0. The summed E-state index contributed by atoms with van der Waals surface area (Å²) in [5.41, 5.74) is 0. The molecule has 0 spiro atoms. The van der Waals surface area contributed by atoms with Crippen LogP contribution in [0, 0.1) is 0 Å². The average Bonchev–Trinajstić information content (AvgIpc) is 3.79. The third-order valence-electron chi connectivity index (χ3n) is 8.37. The molecule has 2 unspecified atom stereocenters. The van der Waals surface area contributed by atoms with Gasteiger partial charge in [-0.3, -0.25) is 14.1 Å². The number of carbonyl (C=O) groups excluding carboxylic acids is 2. The second kappa shape index (κ2) is 29.4. The lowest BCUT2D eigenvalue weighted by atomic mass is 10.1. The molecule has 0 aromatic heterocycles. The van der Waals surface area contributed by atoms with Crippen molar-refractivity contribution in [3.8, 4) is 0 Å². The Labute approximate surface area is 285 Å². The highest BCUT2D eigenvalue weighted by Gasteiger charge is 2.36. The fourth-order valence-electron chi connectivity index (χ4n) is 5.43. The van der Waals surface area contributed by atoms with Crippen molar-refractivity contribution >= 4 is 19.8 Å². The first-order chi connectivity index (χ1) is 22.7. The first kappa shape index (κ1) is 43.5. The van der Waals surface area contributed by atoms with Crippen LogP contribution in [0.1, 0.15) is 168 Å². The zero-order valence-corrected chi connectivity index (χ0v) is 30.5. The zero-order chi connectivity index (χ0) is 34.4. The normalized spacial score (nSPS) is 17.0. The first-order valence-corrected chi connectivity index (χ1v) is 20.3. The van der Waals surface area contributed by atoms with E-state index in [1.807, 2.05) is 0 Å². The summed E-state index contributed by atoms with van der Waals surface area (Å²) in [6.45, 7) is 3.60. The molecule has 1 fully saturated rings. The maximum Gasteiger partial charge on any atom is 0.469 e. The van der Waals surface area contributed by atoms with Crippen LogP contribution in [0.5, 0.6) is 0 Å². The number of phosphoric acid groups is 1. The van der Waals surface area contributed by atoms with E-state index in [-0.39, 0.29) is 19.4 Å². The lowest BCUT2D eigenvalue weighted by Gasteiger charge is -2.18. The van der Waals surface area contributed by atoms with Gasteiger partial charge in [0.25, 0.3) is 0 Å².